The Morgan fingerprint density at radius 1 is 1.26 bits per heavy atom. The van der Waals surface area contributed by atoms with Gasteiger partial charge < -0.3 is 5.11 Å². The minimum absolute atomic E-state index is 0.191. The van der Waals surface area contributed by atoms with Crippen molar-refractivity contribution >= 4 is 17.1 Å². The molecular weight excluding hydrogens is 244 g/mol. The van der Waals surface area contributed by atoms with Gasteiger partial charge in [0.1, 0.15) is 12.8 Å². The zero-order chi connectivity index (χ0) is 13.7. The molecule has 0 saturated carbocycles. The van der Waals surface area contributed by atoms with E-state index in [0.717, 1.165) is 11.4 Å². The monoisotopic (exact) mass is 261 g/mol. The van der Waals surface area contributed by atoms with Crippen molar-refractivity contribution in [1.82, 2.24) is 0 Å². The normalized spacial score (nSPS) is 16.8. The van der Waals surface area contributed by atoms with E-state index in [4.69, 9.17) is 9.68 Å². The number of aliphatic hydroxyl groups is 1. The Bertz CT molecular complexity index is 547. The van der Waals surface area contributed by atoms with Gasteiger partial charge in [-0.05, 0) is 12.1 Å². The first-order chi connectivity index (χ1) is 9.27. The summed E-state index contributed by atoms with van der Waals surface area (Å²) in [6, 6.07) is 7.52. The van der Waals surface area contributed by atoms with Gasteiger partial charge >= 0.3 is 0 Å². The number of allylic oxidation sites excluding steroid dienone is 4. The number of aliphatic hydroxyl groups excluding tert-OH is 1. The van der Waals surface area contributed by atoms with Crippen molar-refractivity contribution < 1.29 is 19.5 Å². The van der Waals surface area contributed by atoms with Crippen molar-refractivity contribution in [2.45, 2.75) is 6.42 Å². The SMILES string of the molecule is CONc1ccccc1/[N+](OC)=C1\CC=CC=C1O. The summed E-state index contributed by atoms with van der Waals surface area (Å²) in [6.07, 6.45) is 5.99. The average molecular weight is 261 g/mol. The summed E-state index contributed by atoms with van der Waals surface area (Å²) >= 11 is 0. The van der Waals surface area contributed by atoms with E-state index in [9.17, 15) is 5.11 Å². The smallest absolute Gasteiger partial charge is 0.283 e. The molecule has 1 aliphatic carbocycles. The molecule has 1 aromatic carbocycles. The average Bonchev–Trinajstić information content (AvgIpc) is 2.44. The predicted molar refractivity (Wildman–Crippen MR) is 73.5 cm³/mol. The maximum absolute atomic E-state index is 9.95. The molecule has 0 saturated heterocycles. The molecule has 1 aromatic rings. The molecule has 0 unspecified atom stereocenters. The molecule has 19 heavy (non-hydrogen) atoms. The number of anilines is 1. The Labute approximate surface area is 112 Å². The number of hydrogen-bond acceptors (Lipinski definition) is 4. The maximum atomic E-state index is 9.95. The van der Waals surface area contributed by atoms with Gasteiger partial charge in [0.2, 0.25) is 0 Å². The molecule has 0 radical (unpaired) electrons. The topological polar surface area (TPSA) is 53.7 Å². The van der Waals surface area contributed by atoms with Crippen LogP contribution in [0.25, 0.3) is 0 Å². The molecule has 0 spiro atoms. The minimum atomic E-state index is 0.191. The van der Waals surface area contributed by atoms with Crippen LogP contribution < -0.4 is 5.48 Å². The summed E-state index contributed by atoms with van der Waals surface area (Å²) in [5.74, 6) is 0.191. The summed E-state index contributed by atoms with van der Waals surface area (Å²) in [5, 5.41) is 9.95. The summed E-state index contributed by atoms with van der Waals surface area (Å²) in [7, 11) is 3.10. The van der Waals surface area contributed by atoms with Crippen LogP contribution in [0.1, 0.15) is 6.42 Å². The van der Waals surface area contributed by atoms with Crippen LogP contribution in [0, 0.1) is 0 Å². The third-order valence-corrected chi connectivity index (χ3v) is 2.76. The van der Waals surface area contributed by atoms with Gasteiger partial charge in [-0.25, -0.2) is 0 Å². The molecule has 0 aliphatic heterocycles. The highest BCUT2D eigenvalue weighted by Crippen LogP contribution is 2.26. The summed E-state index contributed by atoms with van der Waals surface area (Å²) < 4.78 is 1.58. The van der Waals surface area contributed by atoms with Crippen molar-refractivity contribution in [3.05, 3.63) is 48.3 Å². The molecule has 0 atom stereocenters. The molecule has 0 aromatic heterocycles. The molecule has 2 N–H and O–H groups in total. The number of nitrogens with zero attached hydrogens (tertiary/aromatic N) is 1. The Kier molecular flexibility index (Phi) is 4.20. The highest BCUT2D eigenvalue weighted by Gasteiger charge is 2.26. The van der Waals surface area contributed by atoms with E-state index < -0.39 is 0 Å². The second kappa shape index (κ2) is 6.06. The number of hydrogen-bond donors (Lipinski definition) is 2. The molecule has 1 aliphatic rings. The van der Waals surface area contributed by atoms with Crippen LogP contribution in [0.5, 0.6) is 0 Å². The Hall–Kier alpha value is -2.27. The molecule has 0 amide bonds. The van der Waals surface area contributed by atoms with Crippen molar-refractivity contribution in [3.63, 3.8) is 0 Å². The van der Waals surface area contributed by atoms with E-state index in [1.54, 1.807) is 25.0 Å². The van der Waals surface area contributed by atoms with E-state index in [1.807, 2.05) is 36.4 Å². The van der Waals surface area contributed by atoms with E-state index in [0.29, 0.717) is 12.1 Å². The van der Waals surface area contributed by atoms with Crippen molar-refractivity contribution in [1.29, 1.82) is 0 Å². The van der Waals surface area contributed by atoms with Crippen LogP contribution in [-0.2, 0) is 9.68 Å². The first-order valence-electron chi connectivity index (χ1n) is 5.92. The molecule has 5 nitrogen and oxygen atoms in total. The largest absolute Gasteiger partial charge is 0.502 e. The van der Waals surface area contributed by atoms with Crippen LogP contribution in [0.3, 0.4) is 0 Å². The predicted octanol–water partition coefficient (Wildman–Crippen LogP) is 2.71. The van der Waals surface area contributed by atoms with E-state index in [1.165, 1.54) is 0 Å². The number of para-hydroxylation sites is 2. The van der Waals surface area contributed by atoms with Crippen molar-refractivity contribution in [2.75, 3.05) is 19.7 Å². The van der Waals surface area contributed by atoms with Gasteiger partial charge in [-0.15, -0.1) is 0 Å². The van der Waals surface area contributed by atoms with E-state index in [2.05, 4.69) is 5.48 Å². The van der Waals surface area contributed by atoms with E-state index >= 15 is 0 Å². The highest BCUT2D eigenvalue weighted by molar-refractivity contribution is 5.97. The molecule has 0 bridgehead atoms. The van der Waals surface area contributed by atoms with Crippen LogP contribution >= 0.6 is 0 Å². The van der Waals surface area contributed by atoms with Crippen molar-refractivity contribution in [2.24, 2.45) is 0 Å². The highest BCUT2D eigenvalue weighted by atomic mass is 16.7. The lowest BCUT2D eigenvalue weighted by Gasteiger charge is -2.10. The standard InChI is InChI=1S/C14H16N2O3/c1-18-15-11-7-3-4-8-12(11)16(19-2)13-9-5-6-10-14(13)17/h3-8,10,15H,9H2,1-2H3/p+1/b16-13-. The molecule has 100 valence electrons. The summed E-state index contributed by atoms with van der Waals surface area (Å²) in [4.78, 5) is 10.3. The maximum Gasteiger partial charge on any atom is 0.283 e. The third-order valence-electron chi connectivity index (χ3n) is 2.76. The van der Waals surface area contributed by atoms with Crippen molar-refractivity contribution in [3.8, 4) is 0 Å². The lowest BCUT2D eigenvalue weighted by Crippen LogP contribution is -2.20. The summed E-state index contributed by atoms with van der Waals surface area (Å²) in [5.41, 5.74) is 4.98. The minimum Gasteiger partial charge on any atom is -0.502 e. The van der Waals surface area contributed by atoms with Crippen LogP contribution in [0.15, 0.2) is 48.3 Å². The van der Waals surface area contributed by atoms with Crippen LogP contribution in [0.2, 0.25) is 0 Å². The molecule has 0 fully saturated rings. The fraction of sp³-hybridized carbons (Fsp3) is 0.214. The number of nitrogens with one attached hydrogen (secondary N) is 1. The van der Waals surface area contributed by atoms with Gasteiger partial charge in [0.15, 0.2) is 5.76 Å². The lowest BCUT2D eigenvalue weighted by molar-refractivity contribution is -0.720. The van der Waals surface area contributed by atoms with E-state index in [-0.39, 0.29) is 5.76 Å². The zero-order valence-electron chi connectivity index (χ0n) is 11.0. The Balaban J connectivity index is 2.51. The van der Waals surface area contributed by atoms with Gasteiger partial charge in [-0.3, -0.25) is 15.2 Å². The second-order valence-electron chi connectivity index (χ2n) is 3.93. The van der Waals surface area contributed by atoms with Gasteiger partial charge in [0, 0.05) is 10.8 Å². The van der Waals surface area contributed by atoms with Crippen LogP contribution in [-0.4, -0.2) is 29.8 Å². The first kappa shape index (κ1) is 13.2. The number of rotatable bonds is 4. The molecule has 5 heteroatoms. The Morgan fingerprint density at radius 2 is 2.05 bits per heavy atom. The fourth-order valence-electron chi connectivity index (χ4n) is 1.93. The summed E-state index contributed by atoms with van der Waals surface area (Å²) in [6.45, 7) is 0. The lowest BCUT2D eigenvalue weighted by atomic mass is 10.1. The second-order valence-corrected chi connectivity index (χ2v) is 3.93. The van der Waals surface area contributed by atoms with Gasteiger partial charge in [0.25, 0.3) is 11.4 Å². The van der Waals surface area contributed by atoms with Gasteiger partial charge in [-0.2, -0.15) is 0 Å². The zero-order valence-corrected chi connectivity index (χ0v) is 11.0. The quantitative estimate of drug-likeness (QED) is 0.646. The fourth-order valence-corrected chi connectivity index (χ4v) is 1.93. The molecular formula is C14H17N2O3+. The van der Waals surface area contributed by atoms with Gasteiger partial charge in [0.05, 0.1) is 13.5 Å². The van der Waals surface area contributed by atoms with Gasteiger partial charge in [-0.1, -0.05) is 24.3 Å². The number of benzene rings is 1. The first-order valence-corrected chi connectivity index (χ1v) is 5.92. The van der Waals surface area contributed by atoms with Crippen LogP contribution in [0.4, 0.5) is 11.4 Å². The molecule has 0 heterocycles. The Morgan fingerprint density at radius 3 is 2.74 bits per heavy atom. The molecule has 2 rings (SSSR count). The third kappa shape index (κ3) is 2.77.